The monoisotopic (exact) mass is 376 g/mol. The molecule has 0 bridgehead atoms. The minimum atomic E-state index is -3.36. The van der Waals surface area contributed by atoms with E-state index < -0.39 is 22.2 Å². The van der Waals surface area contributed by atoms with Gasteiger partial charge in [0.05, 0.1) is 11.9 Å². The number of hydrogen-bond acceptors (Lipinski definition) is 5. The van der Waals surface area contributed by atoms with Gasteiger partial charge in [0.25, 0.3) is 5.91 Å². The highest BCUT2D eigenvalue weighted by Gasteiger charge is 2.34. The van der Waals surface area contributed by atoms with Crippen molar-refractivity contribution in [2.24, 2.45) is 0 Å². The number of amides is 1. The molecular weight excluding hydrogens is 356 g/mol. The highest BCUT2D eigenvalue weighted by molar-refractivity contribution is 7.92. The summed E-state index contributed by atoms with van der Waals surface area (Å²) in [6.07, 6.45) is -0.155. The molecule has 138 valence electrons. The Balaban J connectivity index is 1.73. The molecule has 1 amide bonds. The van der Waals surface area contributed by atoms with Gasteiger partial charge in [-0.05, 0) is 49.7 Å². The molecule has 2 N–H and O–H groups in total. The van der Waals surface area contributed by atoms with Crippen LogP contribution < -0.4 is 19.5 Å². The van der Waals surface area contributed by atoms with Gasteiger partial charge in [0, 0.05) is 5.69 Å². The first-order valence-electron chi connectivity index (χ1n) is 8.04. The second-order valence-corrected chi connectivity index (χ2v) is 7.95. The van der Waals surface area contributed by atoms with Crippen LogP contribution >= 0.6 is 0 Å². The lowest BCUT2D eigenvalue weighted by Crippen LogP contribution is -2.46. The molecule has 0 saturated carbocycles. The summed E-state index contributed by atoms with van der Waals surface area (Å²) in [7, 11) is -3.36. The van der Waals surface area contributed by atoms with Gasteiger partial charge in [-0.15, -0.1) is 0 Å². The molecule has 0 fully saturated rings. The molecule has 26 heavy (non-hydrogen) atoms. The van der Waals surface area contributed by atoms with E-state index in [1.54, 1.807) is 44.2 Å². The van der Waals surface area contributed by atoms with Crippen molar-refractivity contribution in [2.45, 2.75) is 26.1 Å². The number of nitrogens with one attached hydrogen (secondary N) is 2. The van der Waals surface area contributed by atoms with Crippen LogP contribution in [0.3, 0.4) is 0 Å². The Morgan fingerprint density at radius 2 is 1.73 bits per heavy atom. The fourth-order valence-corrected chi connectivity index (χ4v) is 3.30. The van der Waals surface area contributed by atoms with Crippen molar-refractivity contribution >= 4 is 27.3 Å². The summed E-state index contributed by atoms with van der Waals surface area (Å²) in [6.45, 7) is 3.52. The summed E-state index contributed by atoms with van der Waals surface area (Å²) in [5.74, 6) is 0.793. The maximum Gasteiger partial charge on any atom is 0.269 e. The summed E-state index contributed by atoms with van der Waals surface area (Å²) >= 11 is 0. The number of carbonyl (C=O) groups excluding carboxylic acids is 1. The van der Waals surface area contributed by atoms with Crippen molar-refractivity contribution in [3.63, 3.8) is 0 Å². The Bertz CT molecular complexity index is 942. The van der Waals surface area contributed by atoms with Crippen LogP contribution in [0.5, 0.6) is 11.5 Å². The second kappa shape index (κ2) is 6.87. The van der Waals surface area contributed by atoms with Crippen molar-refractivity contribution in [2.75, 3.05) is 16.3 Å². The first-order chi connectivity index (χ1) is 12.2. The number of hydrogen-bond donors (Lipinski definition) is 2. The average Bonchev–Trinajstić information content (AvgIpc) is 2.55. The summed E-state index contributed by atoms with van der Waals surface area (Å²) in [5.41, 5.74) is 1.69. The van der Waals surface area contributed by atoms with E-state index in [1.165, 1.54) is 0 Å². The SMILES string of the molecule is Cc1cc(NC(=O)C2Oc3ccccc3OC2C)ccc1NS(C)(=O)=O. The van der Waals surface area contributed by atoms with Crippen LogP contribution in [-0.4, -0.2) is 32.8 Å². The molecule has 3 rings (SSSR count). The van der Waals surface area contributed by atoms with E-state index in [2.05, 4.69) is 10.0 Å². The summed E-state index contributed by atoms with van der Waals surface area (Å²) in [4.78, 5) is 12.6. The van der Waals surface area contributed by atoms with Crippen LogP contribution in [0.25, 0.3) is 0 Å². The van der Waals surface area contributed by atoms with E-state index in [0.717, 1.165) is 6.26 Å². The lowest BCUT2D eigenvalue weighted by atomic mass is 10.1. The first-order valence-corrected chi connectivity index (χ1v) is 9.94. The van der Waals surface area contributed by atoms with E-state index in [4.69, 9.17) is 9.47 Å². The minimum Gasteiger partial charge on any atom is -0.482 e. The number of benzene rings is 2. The van der Waals surface area contributed by atoms with E-state index in [0.29, 0.717) is 28.4 Å². The van der Waals surface area contributed by atoms with Crippen LogP contribution in [0.2, 0.25) is 0 Å². The zero-order valence-electron chi connectivity index (χ0n) is 14.6. The number of ether oxygens (including phenoxy) is 2. The van der Waals surface area contributed by atoms with E-state index in [9.17, 15) is 13.2 Å². The smallest absolute Gasteiger partial charge is 0.269 e. The minimum absolute atomic E-state index is 0.338. The zero-order chi connectivity index (χ0) is 18.9. The number of rotatable bonds is 4. The first kappa shape index (κ1) is 18.1. The number of aryl methyl sites for hydroxylation is 1. The normalized spacial score (nSPS) is 18.9. The number of para-hydroxylation sites is 2. The number of carbonyl (C=O) groups is 1. The van der Waals surface area contributed by atoms with Crippen molar-refractivity contribution < 1.29 is 22.7 Å². The van der Waals surface area contributed by atoms with E-state index in [-0.39, 0.29) is 5.91 Å². The maximum atomic E-state index is 12.6. The molecule has 0 aliphatic carbocycles. The molecule has 1 heterocycles. The highest BCUT2D eigenvalue weighted by atomic mass is 32.2. The van der Waals surface area contributed by atoms with Crippen LogP contribution in [0.15, 0.2) is 42.5 Å². The predicted octanol–water partition coefficient (Wildman–Crippen LogP) is 2.53. The molecular formula is C18H20N2O5S. The van der Waals surface area contributed by atoms with Gasteiger partial charge in [0.2, 0.25) is 16.1 Å². The standard InChI is InChI=1S/C18H20N2O5S/c1-11-10-13(8-9-14(11)20-26(3,22)23)19-18(21)17-12(2)24-15-6-4-5-7-16(15)25-17/h4-10,12,17,20H,1-3H3,(H,19,21). The lowest BCUT2D eigenvalue weighted by molar-refractivity contribution is -0.128. The summed E-state index contributed by atoms with van der Waals surface area (Å²) in [6, 6.07) is 12.1. The maximum absolute atomic E-state index is 12.6. The Kier molecular flexibility index (Phi) is 4.78. The van der Waals surface area contributed by atoms with Gasteiger partial charge in [0.15, 0.2) is 11.5 Å². The highest BCUT2D eigenvalue weighted by Crippen LogP contribution is 2.33. The molecule has 0 aromatic heterocycles. The third-order valence-corrected chi connectivity index (χ3v) is 4.48. The Morgan fingerprint density at radius 3 is 2.35 bits per heavy atom. The molecule has 0 radical (unpaired) electrons. The molecule has 0 saturated heterocycles. The van der Waals surface area contributed by atoms with Crippen LogP contribution in [0.4, 0.5) is 11.4 Å². The number of anilines is 2. The van der Waals surface area contributed by atoms with Gasteiger partial charge < -0.3 is 14.8 Å². The molecule has 8 heteroatoms. The second-order valence-electron chi connectivity index (χ2n) is 6.20. The predicted molar refractivity (Wildman–Crippen MR) is 99.2 cm³/mol. The van der Waals surface area contributed by atoms with Crippen LogP contribution in [0, 0.1) is 6.92 Å². The van der Waals surface area contributed by atoms with Crippen molar-refractivity contribution in [1.82, 2.24) is 0 Å². The summed E-state index contributed by atoms with van der Waals surface area (Å²) in [5, 5.41) is 2.78. The summed E-state index contributed by atoms with van der Waals surface area (Å²) < 4.78 is 36.6. The molecule has 2 aromatic rings. The lowest BCUT2D eigenvalue weighted by Gasteiger charge is -2.31. The molecule has 1 aliphatic rings. The fraction of sp³-hybridized carbons (Fsp3) is 0.278. The fourth-order valence-electron chi connectivity index (χ4n) is 2.68. The van der Waals surface area contributed by atoms with Gasteiger partial charge >= 0.3 is 0 Å². The zero-order valence-corrected chi connectivity index (χ0v) is 15.5. The van der Waals surface area contributed by atoms with Gasteiger partial charge in [-0.2, -0.15) is 0 Å². The van der Waals surface area contributed by atoms with Crippen molar-refractivity contribution in [3.05, 3.63) is 48.0 Å². The topological polar surface area (TPSA) is 93.7 Å². The molecule has 2 unspecified atom stereocenters. The van der Waals surface area contributed by atoms with Crippen molar-refractivity contribution in [3.8, 4) is 11.5 Å². The Morgan fingerprint density at radius 1 is 1.08 bits per heavy atom. The third kappa shape index (κ3) is 4.08. The van der Waals surface area contributed by atoms with E-state index >= 15 is 0 Å². The molecule has 0 spiro atoms. The average molecular weight is 376 g/mol. The molecule has 1 aliphatic heterocycles. The van der Waals surface area contributed by atoms with Crippen LogP contribution in [0.1, 0.15) is 12.5 Å². The van der Waals surface area contributed by atoms with Gasteiger partial charge in [-0.25, -0.2) is 8.42 Å². The largest absolute Gasteiger partial charge is 0.482 e. The Labute approximate surface area is 152 Å². The Hall–Kier alpha value is -2.74. The number of sulfonamides is 1. The number of fused-ring (bicyclic) bond motifs is 1. The van der Waals surface area contributed by atoms with Gasteiger partial charge in [-0.3, -0.25) is 9.52 Å². The molecule has 2 atom stereocenters. The quantitative estimate of drug-likeness (QED) is 0.855. The third-order valence-electron chi connectivity index (χ3n) is 3.89. The van der Waals surface area contributed by atoms with Crippen molar-refractivity contribution in [1.29, 1.82) is 0 Å². The van der Waals surface area contributed by atoms with E-state index in [1.807, 2.05) is 12.1 Å². The van der Waals surface area contributed by atoms with Gasteiger partial charge in [0.1, 0.15) is 6.10 Å². The van der Waals surface area contributed by atoms with Gasteiger partial charge in [-0.1, -0.05) is 12.1 Å². The molecule has 7 nitrogen and oxygen atoms in total. The molecule has 2 aromatic carbocycles. The van der Waals surface area contributed by atoms with Crippen LogP contribution in [-0.2, 0) is 14.8 Å².